The molecule has 3 rings (SSSR count). The predicted octanol–water partition coefficient (Wildman–Crippen LogP) is 5.89. The van der Waals surface area contributed by atoms with Crippen LogP contribution >= 0.6 is 11.6 Å². The van der Waals surface area contributed by atoms with E-state index in [-0.39, 0.29) is 23.3 Å². The Morgan fingerprint density at radius 3 is 2.27 bits per heavy atom. The normalized spacial score (nSPS) is 23.8. The summed E-state index contributed by atoms with van der Waals surface area (Å²) in [5.74, 6) is -0.913. The third-order valence-corrected chi connectivity index (χ3v) is 8.35. The number of hydrogen-bond acceptors (Lipinski definition) is 2. The minimum Gasteiger partial charge on any atom is -0.223 e. The van der Waals surface area contributed by atoms with Crippen LogP contribution in [-0.4, -0.2) is 8.42 Å². The summed E-state index contributed by atoms with van der Waals surface area (Å²) in [6, 6.07) is 8.93. The molecule has 2 aromatic carbocycles. The van der Waals surface area contributed by atoms with Gasteiger partial charge in [-0.2, -0.15) is 0 Å². The molecular formula is C20H21ClF2O2S. The lowest BCUT2D eigenvalue weighted by atomic mass is 9.77. The van der Waals surface area contributed by atoms with Crippen molar-refractivity contribution >= 4 is 21.4 Å². The highest BCUT2D eigenvalue weighted by Crippen LogP contribution is 2.49. The summed E-state index contributed by atoms with van der Waals surface area (Å²) in [6.07, 6.45) is 2.83. The highest BCUT2D eigenvalue weighted by Gasteiger charge is 2.49. The second kappa shape index (κ2) is 7.28. The maximum absolute atomic E-state index is 14.6. The average Bonchev–Trinajstić information content (AvgIpc) is 2.64. The topological polar surface area (TPSA) is 34.1 Å². The zero-order valence-electron chi connectivity index (χ0n) is 14.5. The van der Waals surface area contributed by atoms with Crippen LogP contribution in [0, 0.1) is 17.6 Å². The van der Waals surface area contributed by atoms with Crippen LogP contribution in [0.15, 0.2) is 47.4 Å². The van der Waals surface area contributed by atoms with Crippen molar-refractivity contribution in [1.29, 1.82) is 0 Å². The smallest absolute Gasteiger partial charge is 0.188 e. The molecule has 1 saturated carbocycles. The molecule has 2 aromatic rings. The quantitative estimate of drug-likeness (QED) is 0.643. The monoisotopic (exact) mass is 398 g/mol. The van der Waals surface area contributed by atoms with E-state index in [1.165, 1.54) is 24.3 Å². The van der Waals surface area contributed by atoms with Crippen molar-refractivity contribution in [3.05, 3.63) is 64.7 Å². The molecule has 0 saturated heterocycles. The molecule has 0 radical (unpaired) electrons. The first-order chi connectivity index (χ1) is 12.3. The SMILES string of the molecule is CC[C@H]1CC[C@@](c2cc(F)ccc2F)(S(=O)(=O)c2ccc(Cl)cc2)CC1. The fourth-order valence-corrected chi connectivity index (χ4v) is 6.21. The van der Waals surface area contributed by atoms with Gasteiger partial charge in [0.25, 0.3) is 0 Å². The zero-order valence-corrected chi connectivity index (χ0v) is 16.1. The highest BCUT2D eigenvalue weighted by molar-refractivity contribution is 7.92. The number of halogens is 3. The van der Waals surface area contributed by atoms with E-state index in [4.69, 9.17) is 11.6 Å². The molecule has 1 aliphatic rings. The van der Waals surface area contributed by atoms with Crippen molar-refractivity contribution < 1.29 is 17.2 Å². The molecule has 2 nitrogen and oxygen atoms in total. The number of hydrogen-bond donors (Lipinski definition) is 0. The molecule has 1 aliphatic carbocycles. The maximum Gasteiger partial charge on any atom is 0.188 e. The van der Waals surface area contributed by atoms with Gasteiger partial charge in [0.15, 0.2) is 9.84 Å². The minimum atomic E-state index is -3.93. The van der Waals surface area contributed by atoms with Crippen LogP contribution in [0.1, 0.15) is 44.6 Å². The van der Waals surface area contributed by atoms with E-state index in [0.717, 1.165) is 24.6 Å². The van der Waals surface area contributed by atoms with Crippen LogP contribution in [-0.2, 0) is 14.6 Å². The third kappa shape index (κ3) is 3.27. The average molecular weight is 399 g/mol. The number of benzene rings is 2. The lowest BCUT2D eigenvalue weighted by molar-refractivity contribution is 0.280. The molecule has 0 aliphatic heterocycles. The van der Waals surface area contributed by atoms with E-state index >= 15 is 0 Å². The summed E-state index contributed by atoms with van der Waals surface area (Å²) in [4.78, 5) is 0.0838. The van der Waals surface area contributed by atoms with Gasteiger partial charge in [-0.25, -0.2) is 17.2 Å². The summed E-state index contributed by atoms with van der Waals surface area (Å²) in [5, 5.41) is 0.421. The molecule has 140 valence electrons. The number of sulfone groups is 1. The summed E-state index contributed by atoms with van der Waals surface area (Å²) in [5.41, 5.74) is -0.0676. The minimum absolute atomic E-state index is 0.0676. The largest absolute Gasteiger partial charge is 0.223 e. The Hall–Kier alpha value is -1.46. The molecule has 0 aromatic heterocycles. The van der Waals surface area contributed by atoms with E-state index in [9.17, 15) is 17.2 Å². The Labute approximate surface area is 158 Å². The standard InChI is InChI=1S/C20H21ClF2O2S/c1-2-14-9-11-20(12-10-14,18-13-16(22)5-8-19(18)23)26(24,25)17-6-3-15(21)4-7-17/h3-8,13-14H,2,9-12H2,1H3/t14-,20+. The lowest BCUT2D eigenvalue weighted by Gasteiger charge is -2.40. The maximum atomic E-state index is 14.6. The highest BCUT2D eigenvalue weighted by atomic mass is 35.5. The Morgan fingerprint density at radius 1 is 1.08 bits per heavy atom. The summed E-state index contributed by atoms with van der Waals surface area (Å²) in [6.45, 7) is 2.06. The van der Waals surface area contributed by atoms with Crippen molar-refractivity contribution in [3.8, 4) is 0 Å². The van der Waals surface area contributed by atoms with Crippen molar-refractivity contribution in [1.82, 2.24) is 0 Å². The van der Waals surface area contributed by atoms with Gasteiger partial charge in [-0.3, -0.25) is 0 Å². The van der Waals surface area contributed by atoms with Crippen LogP contribution in [0.5, 0.6) is 0 Å². The van der Waals surface area contributed by atoms with Gasteiger partial charge in [0, 0.05) is 10.6 Å². The Bertz CT molecular complexity index is 887. The molecule has 6 heteroatoms. The van der Waals surface area contributed by atoms with Gasteiger partial charge < -0.3 is 0 Å². The molecule has 0 bridgehead atoms. The first kappa shape index (κ1) is 19.3. The second-order valence-corrected chi connectivity index (χ2v) is 9.62. The van der Waals surface area contributed by atoms with Crippen LogP contribution in [0.2, 0.25) is 5.02 Å². The van der Waals surface area contributed by atoms with Gasteiger partial charge in [-0.05, 0) is 74.1 Å². The third-order valence-electron chi connectivity index (χ3n) is 5.55. The first-order valence-corrected chi connectivity index (χ1v) is 10.6. The van der Waals surface area contributed by atoms with Gasteiger partial charge in [0.1, 0.15) is 16.4 Å². The molecule has 26 heavy (non-hydrogen) atoms. The molecule has 0 heterocycles. The fraction of sp³-hybridized carbons (Fsp3) is 0.400. The van der Waals surface area contributed by atoms with Gasteiger partial charge >= 0.3 is 0 Å². The van der Waals surface area contributed by atoms with Crippen molar-refractivity contribution in [2.45, 2.75) is 48.7 Å². The first-order valence-electron chi connectivity index (χ1n) is 8.76. The van der Waals surface area contributed by atoms with Crippen LogP contribution in [0.4, 0.5) is 8.78 Å². The van der Waals surface area contributed by atoms with Gasteiger partial charge in [-0.15, -0.1) is 0 Å². The molecular weight excluding hydrogens is 378 g/mol. The summed E-state index contributed by atoms with van der Waals surface area (Å²) in [7, 11) is -3.93. The van der Waals surface area contributed by atoms with Crippen LogP contribution in [0.25, 0.3) is 0 Å². The fourth-order valence-electron chi connectivity index (χ4n) is 3.92. The molecule has 0 amide bonds. The zero-order chi connectivity index (χ0) is 18.9. The van der Waals surface area contributed by atoms with E-state index in [0.29, 0.717) is 23.8 Å². The molecule has 0 atom stereocenters. The second-order valence-electron chi connectivity index (χ2n) is 6.93. The van der Waals surface area contributed by atoms with Crippen LogP contribution in [0.3, 0.4) is 0 Å². The molecule has 1 fully saturated rings. The molecule has 0 N–H and O–H groups in total. The Kier molecular flexibility index (Phi) is 5.40. The van der Waals surface area contributed by atoms with Gasteiger partial charge in [0.2, 0.25) is 0 Å². The van der Waals surface area contributed by atoms with E-state index < -0.39 is 26.2 Å². The van der Waals surface area contributed by atoms with Crippen molar-refractivity contribution in [3.63, 3.8) is 0 Å². The van der Waals surface area contributed by atoms with Crippen LogP contribution < -0.4 is 0 Å². The van der Waals surface area contributed by atoms with Gasteiger partial charge in [0.05, 0.1) is 4.90 Å². The predicted molar refractivity (Wildman–Crippen MR) is 98.9 cm³/mol. The van der Waals surface area contributed by atoms with E-state index in [1.54, 1.807) is 0 Å². The van der Waals surface area contributed by atoms with Gasteiger partial charge in [-0.1, -0.05) is 24.9 Å². The Balaban J connectivity index is 2.18. The van der Waals surface area contributed by atoms with Crippen molar-refractivity contribution in [2.75, 3.05) is 0 Å². The van der Waals surface area contributed by atoms with Crippen molar-refractivity contribution in [2.24, 2.45) is 5.92 Å². The van der Waals surface area contributed by atoms with E-state index in [2.05, 4.69) is 6.92 Å². The molecule has 0 unspecified atom stereocenters. The molecule has 0 spiro atoms. The summed E-state index contributed by atoms with van der Waals surface area (Å²) < 4.78 is 54.2. The summed E-state index contributed by atoms with van der Waals surface area (Å²) >= 11 is 5.88. The van der Waals surface area contributed by atoms with E-state index in [1.807, 2.05) is 0 Å². The number of rotatable bonds is 4. The lowest BCUT2D eigenvalue weighted by Crippen LogP contribution is -2.40. The Morgan fingerprint density at radius 2 is 1.69 bits per heavy atom.